The van der Waals surface area contributed by atoms with Crippen molar-refractivity contribution in [2.75, 3.05) is 0 Å². The molecule has 3 aliphatic rings. The Morgan fingerprint density at radius 1 is 1.33 bits per heavy atom. The summed E-state index contributed by atoms with van der Waals surface area (Å²) in [5.41, 5.74) is -0.133. The molecule has 0 aromatic rings. The van der Waals surface area contributed by atoms with Crippen LogP contribution in [0, 0.1) is 0 Å². The van der Waals surface area contributed by atoms with Crippen LogP contribution in [-0.4, -0.2) is 33.8 Å². The number of alkyl halides is 3. The number of amides is 4. The summed E-state index contributed by atoms with van der Waals surface area (Å²) in [7, 11) is 0. The molecule has 0 radical (unpaired) electrons. The number of fused-ring (bicyclic) bond motifs is 4. The highest BCUT2D eigenvalue weighted by Crippen LogP contribution is 2.43. The fourth-order valence-electron chi connectivity index (χ4n) is 2.13. The molecule has 3 heterocycles. The maximum absolute atomic E-state index is 12.3. The SMILES string of the molecule is O=C1NC(=O)N2C3=CN(C(=O)C(F)(F)F)C(=C12)C3. The molecule has 4 amide bonds. The lowest BCUT2D eigenvalue weighted by atomic mass is 10.3. The fourth-order valence-corrected chi connectivity index (χ4v) is 2.13. The van der Waals surface area contributed by atoms with Gasteiger partial charge < -0.3 is 0 Å². The third-order valence-corrected chi connectivity index (χ3v) is 2.80. The molecule has 3 aliphatic heterocycles. The Morgan fingerprint density at radius 2 is 2.00 bits per heavy atom. The van der Waals surface area contributed by atoms with Gasteiger partial charge in [-0.25, -0.2) is 4.79 Å². The van der Waals surface area contributed by atoms with Gasteiger partial charge in [-0.05, 0) is 0 Å². The summed E-state index contributed by atoms with van der Waals surface area (Å²) in [5.74, 6) is -2.87. The van der Waals surface area contributed by atoms with Crippen molar-refractivity contribution in [1.29, 1.82) is 0 Å². The smallest absolute Gasteiger partial charge is 0.279 e. The molecule has 0 spiro atoms. The minimum Gasteiger partial charge on any atom is -0.279 e. The number of imide groups is 1. The highest BCUT2D eigenvalue weighted by molar-refractivity contribution is 6.14. The second-order valence-electron chi connectivity index (χ2n) is 3.86. The number of nitrogens with zero attached hydrogens (tertiary/aromatic N) is 2. The lowest BCUT2D eigenvalue weighted by Crippen LogP contribution is -2.38. The van der Waals surface area contributed by atoms with Crippen LogP contribution in [0.25, 0.3) is 0 Å². The zero-order chi connectivity index (χ0) is 13.2. The molecule has 1 fully saturated rings. The molecule has 0 atom stereocenters. The molecule has 0 aliphatic carbocycles. The maximum atomic E-state index is 12.3. The van der Waals surface area contributed by atoms with Crippen molar-refractivity contribution in [2.45, 2.75) is 12.6 Å². The van der Waals surface area contributed by atoms with Gasteiger partial charge in [0.1, 0.15) is 5.70 Å². The molecular formula is C9H4F3N3O3. The van der Waals surface area contributed by atoms with Crippen LogP contribution in [0.2, 0.25) is 0 Å². The van der Waals surface area contributed by atoms with Crippen molar-refractivity contribution in [3.05, 3.63) is 23.3 Å². The molecule has 18 heavy (non-hydrogen) atoms. The third kappa shape index (κ3) is 1.15. The molecule has 0 saturated carbocycles. The van der Waals surface area contributed by atoms with Crippen LogP contribution >= 0.6 is 0 Å². The molecule has 9 heteroatoms. The molecule has 1 N–H and O–H groups in total. The monoisotopic (exact) mass is 259 g/mol. The average molecular weight is 259 g/mol. The first kappa shape index (κ1) is 10.8. The predicted molar refractivity (Wildman–Crippen MR) is 48.0 cm³/mol. The molecule has 6 nitrogen and oxygen atoms in total. The second-order valence-corrected chi connectivity index (χ2v) is 3.86. The summed E-state index contributed by atoms with van der Waals surface area (Å²) in [4.78, 5) is 35.2. The van der Waals surface area contributed by atoms with Gasteiger partial charge in [-0.1, -0.05) is 0 Å². The molecule has 0 aromatic heterocycles. The molecular weight excluding hydrogens is 255 g/mol. The second kappa shape index (κ2) is 2.92. The van der Waals surface area contributed by atoms with Gasteiger partial charge >= 0.3 is 18.1 Å². The number of hydrogen-bond donors (Lipinski definition) is 1. The van der Waals surface area contributed by atoms with Crippen LogP contribution < -0.4 is 5.32 Å². The molecule has 2 bridgehead atoms. The van der Waals surface area contributed by atoms with E-state index in [0.29, 0.717) is 4.90 Å². The number of carbonyl (C=O) groups excluding carboxylic acids is 3. The molecule has 3 rings (SSSR count). The number of nitrogens with one attached hydrogen (secondary N) is 1. The quantitative estimate of drug-likeness (QED) is 0.640. The number of carbonyl (C=O) groups is 3. The van der Waals surface area contributed by atoms with Gasteiger partial charge in [-0.15, -0.1) is 0 Å². The molecule has 1 saturated heterocycles. The van der Waals surface area contributed by atoms with Gasteiger partial charge in [0.2, 0.25) is 0 Å². The third-order valence-electron chi connectivity index (χ3n) is 2.80. The first-order valence-corrected chi connectivity index (χ1v) is 4.80. The van der Waals surface area contributed by atoms with E-state index in [-0.39, 0.29) is 23.5 Å². The summed E-state index contributed by atoms with van der Waals surface area (Å²) in [5, 5.41) is 1.95. The Labute approximate surface area is 97.3 Å². The Morgan fingerprint density at radius 3 is 2.61 bits per heavy atom. The summed E-state index contributed by atoms with van der Waals surface area (Å²) in [6, 6.07) is -0.713. The Bertz CT molecular complexity index is 575. The van der Waals surface area contributed by atoms with E-state index in [1.54, 1.807) is 0 Å². The van der Waals surface area contributed by atoms with Gasteiger partial charge in [0, 0.05) is 12.6 Å². The van der Waals surface area contributed by atoms with Crippen molar-refractivity contribution in [3.8, 4) is 0 Å². The lowest BCUT2D eigenvalue weighted by molar-refractivity contribution is -0.180. The van der Waals surface area contributed by atoms with Crippen molar-refractivity contribution in [2.24, 2.45) is 0 Å². The van der Waals surface area contributed by atoms with E-state index in [1.165, 1.54) is 0 Å². The fraction of sp³-hybridized carbons (Fsp3) is 0.222. The van der Waals surface area contributed by atoms with E-state index >= 15 is 0 Å². The topological polar surface area (TPSA) is 69.7 Å². The van der Waals surface area contributed by atoms with Gasteiger partial charge in [0.25, 0.3) is 5.91 Å². The summed E-state index contributed by atoms with van der Waals surface area (Å²) in [6.45, 7) is 0. The van der Waals surface area contributed by atoms with Gasteiger partial charge in [0.05, 0.1) is 11.4 Å². The normalized spacial score (nSPS) is 21.6. The molecule has 0 aromatic carbocycles. The lowest BCUT2D eigenvalue weighted by Gasteiger charge is -2.21. The van der Waals surface area contributed by atoms with Crippen molar-refractivity contribution >= 4 is 17.8 Å². The van der Waals surface area contributed by atoms with E-state index in [0.717, 1.165) is 11.1 Å². The van der Waals surface area contributed by atoms with E-state index in [4.69, 9.17) is 0 Å². The summed E-state index contributed by atoms with van der Waals surface area (Å²) < 4.78 is 37.0. The van der Waals surface area contributed by atoms with Crippen LogP contribution in [0.4, 0.5) is 18.0 Å². The maximum Gasteiger partial charge on any atom is 0.472 e. The van der Waals surface area contributed by atoms with E-state index < -0.39 is 24.0 Å². The highest BCUT2D eigenvalue weighted by atomic mass is 19.4. The van der Waals surface area contributed by atoms with E-state index in [9.17, 15) is 27.6 Å². The zero-order valence-electron chi connectivity index (χ0n) is 8.54. The van der Waals surface area contributed by atoms with Crippen LogP contribution in [0.5, 0.6) is 0 Å². The van der Waals surface area contributed by atoms with Crippen molar-refractivity contribution < 1.29 is 27.6 Å². The minimum absolute atomic E-state index is 0.0314. The minimum atomic E-state index is -5.03. The van der Waals surface area contributed by atoms with Crippen LogP contribution in [-0.2, 0) is 9.59 Å². The van der Waals surface area contributed by atoms with E-state index in [2.05, 4.69) is 0 Å². The standard InChI is InChI=1S/C9H4F3N3O3/c10-9(11,12)7(17)14-2-3-1-4(14)5-6(16)13-8(18)15(3)5/h2H,1H2,(H,13,16,18). The van der Waals surface area contributed by atoms with Gasteiger partial charge in [-0.3, -0.25) is 24.7 Å². The average Bonchev–Trinajstić information content (AvgIpc) is 2.88. The van der Waals surface area contributed by atoms with Crippen LogP contribution in [0.1, 0.15) is 6.42 Å². The van der Waals surface area contributed by atoms with Gasteiger partial charge in [-0.2, -0.15) is 13.2 Å². The van der Waals surface area contributed by atoms with Crippen LogP contribution in [0.3, 0.4) is 0 Å². The summed E-state index contributed by atoms with van der Waals surface area (Å²) >= 11 is 0. The largest absolute Gasteiger partial charge is 0.472 e. The first-order valence-electron chi connectivity index (χ1n) is 4.80. The Hall–Kier alpha value is -2.32. The number of rotatable bonds is 0. The highest BCUT2D eigenvalue weighted by Gasteiger charge is 2.52. The first-order chi connectivity index (χ1) is 8.30. The number of urea groups is 1. The van der Waals surface area contributed by atoms with Gasteiger partial charge in [0.15, 0.2) is 0 Å². The molecule has 0 unspecified atom stereocenters. The van der Waals surface area contributed by atoms with Crippen molar-refractivity contribution in [3.63, 3.8) is 0 Å². The number of halogens is 3. The van der Waals surface area contributed by atoms with Crippen LogP contribution in [0.15, 0.2) is 23.3 Å². The number of hydrogen-bond acceptors (Lipinski definition) is 3. The summed E-state index contributed by atoms with van der Waals surface area (Å²) in [6.07, 6.45) is -4.14. The predicted octanol–water partition coefficient (Wildman–Crippen LogP) is 0.399. The van der Waals surface area contributed by atoms with Crippen molar-refractivity contribution in [1.82, 2.24) is 15.1 Å². The zero-order valence-corrected chi connectivity index (χ0v) is 8.54. The Kier molecular flexibility index (Phi) is 1.75. The molecule has 94 valence electrons. The Balaban J connectivity index is 2.04. The van der Waals surface area contributed by atoms with E-state index in [1.807, 2.05) is 5.32 Å².